The van der Waals surface area contributed by atoms with Crippen LogP contribution in [0.15, 0.2) is 18.3 Å². The first kappa shape index (κ1) is 11.5. The summed E-state index contributed by atoms with van der Waals surface area (Å²) in [6.07, 6.45) is 5.59. The fourth-order valence-electron chi connectivity index (χ4n) is 3.12. The first-order chi connectivity index (χ1) is 8.86. The van der Waals surface area contributed by atoms with Crippen molar-refractivity contribution in [2.45, 2.75) is 25.3 Å². The molecule has 2 aliphatic rings. The van der Waals surface area contributed by atoms with Crippen LogP contribution in [0.25, 0.3) is 0 Å². The predicted molar refractivity (Wildman–Crippen MR) is 70.4 cm³/mol. The second kappa shape index (κ2) is 4.95. The summed E-state index contributed by atoms with van der Waals surface area (Å²) in [5, 5.41) is 8.93. The molecule has 3 heterocycles. The van der Waals surface area contributed by atoms with Crippen molar-refractivity contribution in [2.75, 3.05) is 31.1 Å². The van der Waals surface area contributed by atoms with Gasteiger partial charge in [-0.3, -0.25) is 4.90 Å². The van der Waals surface area contributed by atoms with Gasteiger partial charge in [0.15, 0.2) is 0 Å². The molecular formula is C14H18N4. The SMILES string of the molecule is N#Cc1cc(N2CCCN3CCCC3C2)ccn1. The summed E-state index contributed by atoms with van der Waals surface area (Å²) in [4.78, 5) is 9.08. The van der Waals surface area contributed by atoms with E-state index in [1.807, 2.05) is 12.1 Å². The molecule has 1 unspecified atom stereocenters. The molecule has 2 fully saturated rings. The lowest BCUT2D eigenvalue weighted by Gasteiger charge is -2.27. The fourth-order valence-corrected chi connectivity index (χ4v) is 3.12. The molecule has 0 spiro atoms. The summed E-state index contributed by atoms with van der Waals surface area (Å²) in [5.41, 5.74) is 1.66. The first-order valence-electron chi connectivity index (χ1n) is 6.72. The number of pyridine rings is 1. The smallest absolute Gasteiger partial charge is 0.142 e. The van der Waals surface area contributed by atoms with Gasteiger partial charge < -0.3 is 4.90 Å². The van der Waals surface area contributed by atoms with E-state index in [9.17, 15) is 0 Å². The molecule has 0 N–H and O–H groups in total. The Bertz CT molecular complexity index is 465. The molecule has 4 nitrogen and oxygen atoms in total. The van der Waals surface area contributed by atoms with Gasteiger partial charge in [0, 0.05) is 37.6 Å². The molecule has 1 aromatic heterocycles. The lowest BCUT2D eigenvalue weighted by Crippen LogP contribution is -2.36. The topological polar surface area (TPSA) is 43.2 Å². The number of anilines is 1. The number of hydrogen-bond acceptors (Lipinski definition) is 4. The maximum Gasteiger partial charge on any atom is 0.142 e. The van der Waals surface area contributed by atoms with Crippen LogP contribution in [0.4, 0.5) is 5.69 Å². The number of rotatable bonds is 1. The third-order valence-electron chi connectivity index (χ3n) is 4.03. The zero-order valence-electron chi connectivity index (χ0n) is 10.5. The molecule has 0 radical (unpaired) electrons. The van der Waals surface area contributed by atoms with Crippen molar-refractivity contribution in [1.82, 2.24) is 9.88 Å². The van der Waals surface area contributed by atoms with Crippen molar-refractivity contribution in [3.8, 4) is 6.07 Å². The molecule has 3 rings (SSSR count). The maximum atomic E-state index is 8.93. The van der Waals surface area contributed by atoms with E-state index in [2.05, 4.69) is 20.9 Å². The van der Waals surface area contributed by atoms with Gasteiger partial charge in [0.05, 0.1) is 0 Å². The number of nitrogens with zero attached hydrogens (tertiary/aromatic N) is 4. The minimum atomic E-state index is 0.514. The van der Waals surface area contributed by atoms with Crippen LogP contribution >= 0.6 is 0 Å². The number of hydrogen-bond donors (Lipinski definition) is 0. The van der Waals surface area contributed by atoms with Crippen molar-refractivity contribution in [3.05, 3.63) is 24.0 Å². The Morgan fingerprint density at radius 2 is 2.17 bits per heavy atom. The third-order valence-corrected chi connectivity index (χ3v) is 4.03. The van der Waals surface area contributed by atoms with Crippen molar-refractivity contribution >= 4 is 5.69 Å². The van der Waals surface area contributed by atoms with Crippen LogP contribution in [0.1, 0.15) is 25.0 Å². The minimum absolute atomic E-state index is 0.514. The highest BCUT2D eigenvalue weighted by atomic mass is 15.3. The molecule has 0 amide bonds. The zero-order valence-corrected chi connectivity index (χ0v) is 10.5. The molecular weight excluding hydrogens is 224 g/mol. The van der Waals surface area contributed by atoms with Crippen LogP contribution in [-0.4, -0.2) is 42.1 Å². The van der Waals surface area contributed by atoms with Crippen LogP contribution in [0.5, 0.6) is 0 Å². The van der Waals surface area contributed by atoms with E-state index < -0.39 is 0 Å². The van der Waals surface area contributed by atoms with Gasteiger partial charge in [-0.05, 0) is 37.9 Å². The quantitative estimate of drug-likeness (QED) is 0.750. The van der Waals surface area contributed by atoms with Crippen LogP contribution in [0.3, 0.4) is 0 Å². The Kier molecular flexibility index (Phi) is 3.16. The minimum Gasteiger partial charge on any atom is -0.370 e. The molecule has 1 aromatic rings. The van der Waals surface area contributed by atoms with Crippen molar-refractivity contribution in [1.29, 1.82) is 5.26 Å². The lowest BCUT2D eigenvalue weighted by molar-refractivity contribution is 0.273. The number of nitriles is 1. The summed E-state index contributed by atoms with van der Waals surface area (Å²) in [6, 6.07) is 6.75. The maximum absolute atomic E-state index is 8.93. The number of aromatic nitrogens is 1. The van der Waals surface area contributed by atoms with Crippen LogP contribution in [-0.2, 0) is 0 Å². The van der Waals surface area contributed by atoms with E-state index in [0.717, 1.165) is 18.8 Å². The summed E-state index contributed by atoms with van der Waals surface area (Å²) >= 11 is 0. The summed E-state index contributed by atoms with van der Waals surface area (Å²) in [6.45, 7) is 4.66. The van der Waals surface area contributed by atoms with E-state index in [1.165, 1.54) is 32.4 Å². The van der Waals surface area contributed by atoms with E-state index in [0.29, 0.717) is 11.7 Å². The Morgan fingerprint density at radius 3 is 3.06 bits per heavy atom. The highest BCUT2D eigenvalue weighted by molar-refractivity contribution is 5.49. The molecule has 0 bridgehead atoms. The standard InChI is InChI=1S/C14H18N4/c15-10-12-9-13(4-5-16-12)18-8-2-7-17-6-1-3-14(17)11-18/h4-5,9,14H,1-3,6-8,11H2. The van der Waals surface area contributed by atoms with Gasteiger partial charge in [-0.2, -0.15) is 5.26 Å². The summed E-state index contributed by atoms with van der Waals surface area (Å²) < 4.78 is 0. The van der Waals surface area contributed by atoms with E-state index in [-0.39, 0.29) is 0 Å². The van der Waals surface area contributed by atoms with Crippen LogP contribution in [0, 0.1) is 11.3 Å². The molecule has 0 aromatic carbocycles. The van der Waals surface area contributed by atoms with Gasteiger partial charge in [0.1, 0.15) is 11.8 Å². The van der Waals surface area contributed by atoms with Gasteiger partial charge in [0.25, 0.3) is 0 Å². The van der Waals surface area contributed by atoms with Crippen molar-refractivity contribution in [3.63, 3.8) is 0 Å². The van der Waals surface area contributed by atoms with Crippen LogP contribution in [0.2, 0.25) is 0 Å². The van der Waals surface area contributed by atoms with Gasteiger partial charge in [0.2, 0.25) is 0 Å². The Hall–Kier alpha value is -1.60. The van der Waals surface area contributed by atoms with E-state index in [1.54, 1.807) is 6.20 Å². The first-order valence-corrected chi connectivity index (χ1v) is 6.72. The molecule has 18 heavy (non-hydrogen) atoms. The van der Waals surface area contributed by atoms with Gasteiger partial charge in [-0.1, -0.05) is 0 Å². The van der Waals surface area contributed by atoms with E-state index in [4.69, 9.17) is 5.26 Å². The largest absolute Gasteiger partial charge is 0.370 e. The summed E-state index contributed by atoms with van der Waals surface area (Å²) in [5.74, 6) is 0. The lowest BCUT2D eigenvalue weighted by atomic mass is 10.2. The molecule has 94 valence electrons. The average molecular weight is 242 g/mol. The zero-order chi connectivity index (χ0) is 12.4. The highest BCUT2D eigenvalue weighted by Crippen LogP contribution is 2.24. The number of fused-ring (bicyclic) bond motifs is 1. The Labute approximate surface area is 108 Å². The van der Waals surface area contributed by atoms with Crippen LogP contribution < -0.4 is 4.90 Å². The Morgan fingerprint density at radius 1 is 1.28 bits per heavy atom. The van der Waals surface area contributed by atoms with E-state index >= 15 is 0 Å². The average Bonchev–Trinajstić information content (AvgIpc) is 2.76. The molecule has 4 heteroatoms. The van der Waals surface area contributed by atoms with Crippen molar-refractivity contribution in [2.24, 2.45) is 0 Å². The molecule has 0 aliphatic carbocycles. The fraction of sp³-hybridized carbons (Fsp3) is 0.571. The second-order valence-corrected chi connectivity index (χ2v) is 5.14. The predicted octanol–water partition coefficient (Wildman–Crippen LogP) is 1.63. The molecule has 2 aliphatic heterocycles. The third kappa shape index (κ3) is 2.19. The van der Waals surface area contributed by atoms with Crippen molar-refractivity contribution < 1.29 is 0 Å². The van der Waals surface area contributed by atoms with Gasteiger partial charge in [-0.15, -0.1) is 0 Å². The summed E-state index contributed by atoms with van der Waals surface area (Å²) in [7, 11) is 0. The Balaban J connectivity index is 1.80. The van der Waals surface area contributed by atoms with Gasteiger partial charge >= 0.3 is 0 Å². The van der Waals surface area contributed by atoms with Gasteiger partial charge in [-0.25, -0.2) is 4.98 Å². The molecule has 2 saturated heterocycles. The molecule has 0 saturated carbocycles. The monoisotopic (exact) mass is 242 g/mol. The highest BCUT2D eigenvalue weighted by Gasteiger charge is 2.28. The second-order valence-electron chi connectivity index (χ2n) is 5.14. The molecule has 1 atom stereocenters. The normalized spacial score (nSPS) is 24.4.